The van der Waals surface area contributed by atoms with E-state index in [1.165, 1.54) is 10.5 Å². The van der Waals surface area contributed by atoms with Gasteiger partial charge in [0, 0.05) is 38.3 Å². The minimum Gasteiger partial charge on any atom is -0.396 e. The third-order valence-electron chi connectivity index (χ3n) is 4.22. The molecule has 1 aliphatic rings. The van der Waals surface area contributed by atoms with Gasteiger partial charge in [0.05, 0.1) is 5.69 Å². The van der Waals surface area contributed by atoms with Crippen molar-refractivity contribution in [1.29, 1.82) is 0 Å². The number of hydrogen-bond acceptors (Lipinski definition) is 5. The molecule has 0 unspecified atom stereocenters. The zero-order chi connectivity index (χ0) is 15.9. The molecule has 7 nitrogen and oxygen atoms in total. The van der Waals surface area contributed by atoms with Crippen molar-refractivity contribution in [2.75, 3.05) is 19.7 Å². The number of rotatable bonds is 3. The highest BCUT2D eigenvalue weighted by molar-refractivity contribution is 7.89. The molecule has 1 saturated heterocycles. The van der Waals surface area contributed by atoms with Crippen LogP contribution in [0.1, 0.15) is 18.5 Å². The summed E-state index contributed by atoms with van der Waals surface area (Å²) in [7, 11) is -1.80. The van der Waals surface area contributed by atoms with Crippen LogP contribution in [0.2, 0.25) is 0 Å². The largest absolute Gasteiger partial charge is 0.396 e. The Morgan fingerprint density at radius 1 is 1.45 bits per heavy atom. The summed E-state index contributed by atoms with van der Waals surface area (Å²) in [4.78, 5) is 4.44. The Bertz CT molecular complexity index is 800. The fraction of sp³-hybridized carbons (Fsp3) is 0.571. The van der Waals surface area contributed by atoms with Crippen LogP contribution in [0.25, 0.3) is 11.0 Å². The number of piperidine rings is 1. The molecule has 3 rings (SSSR count). The Balaban J connectivity index is 2.00. The second-order valence-corrected chi connectivity index (χ2v) is 7.74. The number of hydrogen-bond donors (Lipinski definition) is 1. The zero-order valence-electron chi connectivity index (χ0n) is 12.7. The highest BCUT2D eigenvalue weighted by atomic mass is 32.2. The van der Waals surface area contributed by atoms with Gasteiger partial charge in [-0.2, -0.15) is 9.40 Å². The molecule has 0 aliphatic carbocycles. The number of aromatic nitrogens is 3. The molecular formula is C14H20N4O3S. The van der Waals surface area contributed by atoms with Crippen molar-refractivity contribution in [2.45, 2.75) is 24.7 Å². The first kappa shape index (κ1) is 15.4. The quantitative estimate of drug-likeness (QED) is 0.896. The molecule has 0 saturated carbocycles. The van der Waals surface area contributed by atoms with Gasteiger partial charge in [0.2, 0.25) is 10.0 Å². The van der Waals surface area contributed by atoms with Crippen LogP contribution in [0.4, 0.5) is 0 Å². The molecule has 120 valence electrons. The average molecular weight is 324 g/mol. The molecule has 0 bridgehead atoms. The summed E-state index contributed by atoms with van der Waals surface area (Å²) in [6.07, 6.45) is 3.02. The second kappa shape index (κ2) is 5.60. The first-order valence-electron chi connectivity index (χ1n) is 7.34. The van der Waals surface area contributed by atoms with Gasteiger partial charge in [-0.15, -0.1) is 0 Å². The van der Waals surface area contributed by atoms with E-state index in [2.05, 4.69) is 10.1 Å². The van der Waals surface area contributed by atoms with Crippen molar-refractivity contribution in [3.05, 3.63) is 18.0 Å². The Morgan fingerprint density at radius 2 is 2.23 bits per heavy atom. The molecule has 8 heteroatoms. The van der Waals surface area contributed by atoms with E-state index in [0.717, 1.165) is 23.9 Å². The fourth-order valence-electron chi connectivity index (χ4n) is 2.97. The Hall–Kier alpha value is -1.51. The smallest absolute Gasteiger partial charge is 0.244 e. The van der Waals surface area contributed by atoms with Crippen molar-refractivity contribution in [1.82, 2.24) is 19.1 Å². The highest BCUT2D eigenvalue weighted by Gasteiger charge is 2.30. The third kappa shape index (κ3) is 2.51. The number of aliphatic hydroxyl groups excluding tert-OH is 1. The highest BCUT2D eigenvalue weighted by Crippen LogP contribution is 2.25. The maximum atomic E-state index is 12.8. The van der Waals surface area contributed by atoms with Crippen LogP contribution in [0.5, 0.6) is 0 Å². The van der Waals surface area contributed by atoms with Crippen molar-refractivity contribution < 1.29 is 13.5 Å². The number of pyridine rings is 1. The van der Waals surface area contributed by atoms with Crippen molar-refractivity contribution in [3.63, 3.8) is 0 Å². The minimum atomic E-state index is -3.58. The lowest BCUT2D eigenvalue weighted by molar-refractivity contribution is 0.165. The lowest BCUT2D eigenvalue weighted by Gasteiger charge is -2.30. The van der Waals surface area contributed by atoms with E-state index >= 15 is 0 Å². The number of sulfonamides is 1. The molecule has 22 heavy (non-hydrogen) atoms. The SMILES string of the molecule is Cc1nn(C)c2ncc(S(=O)(=O)N3CCC[C@H](CO)C3)cc12. The fourth-order valence-corrected chi connectivity index (χ4v) is 4.50. The minimum absolute atomic E-state index is 0.0142. The number of nitrogens with zero attached hydrogens (tertiary/aromatic N) is 4. The van der Waals surface area contributed by atoms with Gasteiger partial charge in [-0.25, -0.2) is 13.4 Å². The standard InChI is InChI=1S/C14H20N4O3S/c1-10-13-6-12(7-15-14(13)17(2)16-10)22(20,21)18-5-3-4-11(8-18)9-19/h6-7,11,19H,3-5,8-9H2,1-2H3/t11-/m0/s1. The average Bonchev–Trinajstić information content (AvgIpc) is 2.81. The lowest BCUT2D eigenvalue weighted by atomic mass is 10.0. The lowest BCUT2D eigenvalue weighted by Crippen LogP contribution is -2.40. The summed E-state index contributed by atoms with van der Waals surface area (Å²) >= 11 is 0. The van der Waals surface area contributed by atoms with Crippen LogP contribution < -0.4 is 0 Å². The first-order valence-corrected chi connectivity index (χ1v) is 8.78. The topological polar surface area (TPSA) is 88.3 Å². The third-order valence-corrected chi connectivity index (χ3v) is 6.05. The van der Waals surface area contributed by atoms with Crippen molar-refractivity contribution >= 4 is 21.1 Å². The van der Waals surface area contributed by atoms with Crippen molar-refractivity contribution in [3.8, 4) is 0 Å². The summed E-state index contributed by atoms with van der Waals surface area (Å²) in [5.41, 5.74) is 1.43. The van der Waals surface area contributed by atoms with Crippen LogP contribution in [-0.4, -0.2) is 52.3 Å². The van der Waals surface area contributed by atoms with Gasteiger partial charge in [0.1, 0.15) is 4.90 Å². The van der Waals surface area contributed by atoms with Crippen LogP contribution in [0.3, 0.4) is 0 Å². The number of fused-ring (bicyclic) bond motifs is 1. The molecule has 1 N–H and O–H groups in total. The normalized spacial score (nSPS) is 20.6. The van der Waals surface area contributed by atoms with Crippen molar-refractivity contribution in [2.24, 2.45) is 13.0 Å². The monoisotopic (exact) mass is 324 g/mol. The Morgan fingerprint density at radius 3 is 2.95 bits per heavy atom. The van der Waals surface area contributed by atoms with Gasteiger partial charge in [0.15, 0.2) is 5.65 Å². The molecule has 3 heterocycles. The predicted octanol–water partition coefficient (Wildman–Crippen LogP) is 0.670. The van der Waals surface area contributed by atoms with Gasteiger partial charge in [-0.05, 0) is 31.7 Å². The Labute approximate surface area is 129 Å². The maximum Gasteiger partial charge on any atom is 0.244 e. The Kier molecular flexibility index (Phi) is 3.92. The zero-order valence-corrected chi connectivity index (χ0v) is 13.5. The van der Waals surface area contributed by atoms with Crippen LogP contribution in [0.15, 0.2) is 17.2 Å². The molecule has 2 aromatic rings. The van der Waals surface area contributed by atoms with Gasteiger partial charge in [-0.3, -0.25) is 4.68 Å². The molecule has 0 aromatic carbocycles. The molecular weight excluding hydrogens is 304 g/mol. The van der Waals surface area contributed by atoms with E-state index in [4.69, 9.17) is 0 Å². The van der Waals surface area contributed by atoms with E-state index in [9.17, 15) is 13.5 Å². The maximum absolute atomic E-state index is 12.8. The second-order valence-electron chi connectivity index (χ2n) is 5.81. The number of aryl methyl sites for hydroxylation is 2. The summed E-state index contributed by atoms with van der Waals surface area (Å²) in [6, 6.07) is 1.64. The van der Waals surface area contributed by atoms with E-state index in [-0.39, 0.29) is 17.4 Å². The first-order chi connectivity index (χ1) is 10.4. The van der Waals surface area contributed by atoms with Crippen LogP contribution >= 0.6 is 0 Å². The summed E-state index contributed by atoms with van der Waals surface area (Å²) in [5.74, 6) is 0.0142. The molecule has 1 atom stereocenters. The summed E-state index contributed by atoms with van der Waals surface area (Å²) < 4.78 is 28.7. The molecule has 1 aliphatic heterocycles. The summed E-state index contributed by atoms with van der Waals surface area (Å²) in [5, 5.41) is 14.3. The van der Waals surface area contributed by atoms with Gasteiger partial charge in [0.25, 0.3) is 0 Å². The molecule has 0 amide bonds. The molecule has 2 aromatic heterocycles. The van der Waals surface area contributed by atoms with Gasteiger partial charge in [-0.1, -0.05) is 0 Å². The predicted molar refractivity (Wildman–Crippen MR) is 81.8 cm³/mol. The molecule has 0 spiro atoms. The van der Waals surface area contributed by atoms with Gasteiger partial charge >= 0.3 is 0 Å². The van der Waals surface area contributed by atoms with E-state index < -0.39 is 10.0 Å². The summed E-state index contributed by atoms with van der Waals surface area (Å²) in [6.45, 7) is 2.71. The molecule has 1 fully saturated rings. The van der Waals surface area contributed by atoms with Crippen LogP contribution in [-0.2, 0) is 17.1 Å². The van der Waals surface area contributed by atoms with Crippen LogP contribution in [0, 0.1) is 12.8 Å². The van der Waals surface area contributed by atoms with Gasteiger partial charge < -0.3 is 5.11 Å². The molecule has 0 radical (unpaired) electrons. The number of aliphatic hydroxyl groups is 1. The van der Waals surface area contributed by atoms with E-state index in [0.29, 0.717) is 18.7 Å². The van der Waals surface area contributed by atoms with E-state index in [1.54, 1.807) is 17.8 Å². The van der Waals surface area contributed by atoms with E-state index in [1.807, 2.05) is 6.92 Å².